The van der Waals surface area contributed by atoms with Crippen LogP contribution in [0.4, 0.5) is 15.8 Å². The molecule has 1 amide bonds. The number of hydrogen-bond acceptors (Lipinski definition) is 5. The number of nitrogens with one attached hydrogen (secondary N) is 2. The van der Waals surface area contributed by atoms with Gasteiger partial charge in [-0.15, -0.1) is 0 Å². The molecule has 176 valence electrons. The van der Waals surface area contributed by atoms with Crippen molar-refractivity contribution in [2.24, 2.45) is 5.41 Å². The van der Waals surface area contributed by atoms with Gasteiger partial charge in [0.05, 0.1) is 23.6 Å². The summed E-state index contributed by atoms with van der Waals surface area (Å²) < 4.78 is 47.8. The van der Waals surface area contributed by atoms with Crippen molar-refractivity contribution in [3.63, 3.8) is 0 Å². The molecule has 2 heterocycles. The average molecular weight is 474 g/mol. The van der Waals surface area contributed by atoms with E-state index in [1.54, 1.807) is 24.3 Å². The van der Waals surface area contributed by atoms with Crippen LogP contribution in [0.3, 0.4) is 0 Å². The second kappa shape index (κ2) is 8.07. The third kappa shape index (κ3) is 4.25. The number of rotatable bonds is 7. The van der Waals surface area contributed by atoms with Gasteiger partial charge in [0.1, 0.15) is 6.67 Å². The number of fused-ring (bicyclic) bond motifs is 1. The summed E-state index contributed by atoms with van der Waals surface area (Å²) in [5, 5.41) is 4.31. The van der Waals surface area contributed by atoms with E-state index < -0.39 is 22.2 Å². The van der Waals surface area contributed by atoms with E-state index >= 15 is 0 Å². The summed E-state index contributed by atoms with van der Waals surface area (Å²) in [7, 11) is -3.92. The number of ether oxygens (including phenoxy) is 1. The van der Waals surface area contributed by atoms with Gasteiger partial charge in [-0.2, -0.15) is 0 Å². The van der Waals surface area contributed by atoms with Crippen LogP contribution in [0.1, 0.15) is 25.7 Å². The number of carbonyl (C=O) groups excluding carboxylic acids is 1. The third-order valence-corrected chi connectivity index (χ3v) is 8.67. The summed E-state index contributed by atoms with van der Waals surface area (Å²) in [6.45, 7) is 5.93. The fraction of sp³-hybridized carbons (Fsp3) is 0.458. The van der Waals surface area contributed by atoms with Crippen molar-refractivity contribution >= 4 is 38.1 Å². The molecule has 0 atom stereocenters. The van der Waals surface area contributed by atoms with Crippen molar-refractivity contribution in [2.45, 2.75) is 36.1 Å². The lowest BCUT2D eigenvalue weighted by Crippen LogP contribution is -2.51. The lowest BCUT2D eigenvalue weighted by Gasteiger charge is -2.48. The first-order chi connectivity index (χ1) is 15.8. The fourth-order valence-corrected chi connectivity index (χ4v) is 6.17. The summed E-state index contributed by atoms with van der Waals surface area (Å²) >= 11 is 0. The number of benzene rings is 2. The maximum Gasteiger partial charge on any atom is 0.247 e. The standard InChI is InChI=1S/C24H28FN3O4S/c1-2-22(29)26-18-3-4-20-17(11-18)12-19(33(30,31)27-24(14-25)5-6-24)13-21(20)28-9-7-23(8-10-28)15-32-16-23/h2-4,11-13,27H,1,5-10,14-16H2,(H,26,29). The largest absolute Gasteiger partial charge is 0.380 e. The second-order valence-corrected chi connectivity index (χ2v) is 11.3. The van der Waals surface area contributed by atoms with E-state index in [1.807, 2.05) is 6.07 Å². The SMILES string of the molecule is C=CC(=O)Nc1ccc2c(N3CCC4(CC3)COC4)cc(S(=O)(=O)NC3(CF)CC3)cc2c1. The van der Waals surface area contributed by atoms with E-state index in [0.717, 1.165) is 50.2 Å². The Hall–Kier alpha value is -2.49. The molecule has 7 nitrogen and oxygen atoms in total. The molecule has 1 spiro atoms. The Morgan fingerprint density at radius 1 is 1.15 bits per heavy atom. The Morgan fingerprint density at radius 3 is 2.45 bits per heavy atom. The molecule has 9 heteroatoms. The van der Waals surface area contributed by atoms with E-state index in [0.29, 0.717) is 23.9 Å². The zero-order valence-corrected chi connectivity index (χ0v) is 19.2. The zero-order chi connectivity index (χ0) is 23.3. The van der Waals surface area contributed by atoms with Crippen LogP contribution < -0.4 is 14.9 Å². The van der Waals surface area contributed by atoms with Gasteiger partial charge in [0.25, 0.3) is 0 Å². The number of amides is 1. The summed E-state index contributed by atoms with van der Waals surface area (Å²) in [5.74, 6) is -0.345. The summed E-state index contributed by atoms with van der Waals surface area (Å²) in [5.41, 5.74) is 0.649. The number of halogens is 1. The van der Waals surface area contributed by atoms with Crippen molar-refractivity contribution in [1.29, 1.82) is 0 Å². The number of piperidine rings is 1. The van der Waals surface area contributed by atoms with E-state index in [9.17, 15) is 17.6 Å². The van der Waals surface area contributed by atoms with Gasteiger partial charge in [-0.05, 0) is 61.4 Å². The van der Waals surface area contributed by atoms with Crippen LogP contribution in [0.2, 0.25) is 0 Å². The van der Waals surface area contributed by atoms with Crippen LogP contribution in [-0.4, -0.2) is 52.8 Å². The van der Waals surface area contributed by atoms with Gasteiger partial charge >= 0.3 is 0 Å². The monoisotopic (exact) mass is 473 g/mol. The summed E-state index contributed by atoms with van der Waals surface area (Å²) in [6, 6.07) is 8.73. The van der Waals surface area contributed by atoms with Crippen molar-refractivity contribution in [3.05, 3.63) is 43.0 Å². The second-order valence-electron chi connectivity index (χ2n) is 9.57. The minimum Gasteiger partial charge on any atom is -0.380 e. The molecular formula is C24H28FN3O4S. The van der Waals surface area contributed by atoms with Crippen LogP contribution >= 0.6 is 0 Å². The minimum atomic E-state index is -3.92. The van der Waals surface area contributed by atoms with Crippen molar-refractivity contribution in [1.82, 2.24) is 4.72 Å². The predicted octanol–water partition coefficient (Wildman–Crippen LogP) is 3.36. The number of carbonyl (C=O) groups is 1. The van der Waals surface area contributed by atoms with Gasteiger partial charge in [-0.25, -0.2) is 17.5 Å². The van der Waals surface area contributed by atoms with E-state index in [4.69, 9.17) is 4.74 Å². The van der Waals surface area contributed by atoms with E-state index in [1.165, 1.54) is 6.08 Å². The van der Waals surface area contributed by atoms with Gasteiger partial charge in [-0.3, -0.25) is 4.79 Å². The maximum absolute atomic E-state index is 13.4. The number of hydrogen-bond donors (Lipinski definition) is 2. The van der Waals surface area contributed by atoms with Gasteiger partial charge in [0.2, 0.25) is 15.9 Å². The van der Waals surface area contributed by atoms with Crippen LogP contribution in [-0.2, 0) is 19.6 Å². The number of sulfonamides is 1. The first-order valence-electron chi connectivity index (χ1n) is 11.2. The first kappa shape index (κ1) is 22.3. The van der Waals surface area contributed by atoms with Gasteiger partial charge in [0, 0.05) is 35.3 Å². The highest BCUT2D eigenvalue weighted by atomic mass is 32.2. The molecule has 3 fully saturated rings. The van der Waals surface area contributed by atoms with Crippen molar-refractivity contribution in [3.8, 4) is 0 Å². The van der Waals surface area contributed by atoms with Gasteiger partial charge in [-0.1, -0.05) is 12.6 Å². The zero-order valence-electron chi connectivity index (χ0n) is 18.4. The van der Waals surface area contributed by atoms with Crippen LogP contribution in [0.15, 0.2) is 47.9 Å². The molecule has 5 rings (SSSR count). The molecule has 2 N–H and O–H groups in total. The normalized spacial score (nSPS) is 20.9. The quantitative estimate of drug-likeness (QED) is 0.602. The fourth-order valence-electron chi connectivity index (χ4n) is 4.67. The molecule has 0 unspecified atom stereocenters. The molecule has 2 saturated heterocycles. The van der Waals surface area contributed by atoms with E-state index in [-0.39, 0.29) is 16.2 Å². The highest BCUT2D eigenvalue weighted by Gasteiger charge is 2.46. The minimum absolute atomic E-state index is 0.101. The number of nitrogens with zero attached hydrogens (tertiary/aromatic N) is 1. The molecule has 2 aromatic rings. The highest BCUT2D eigenvalue weighted by Crippen LogP contribution is 2.42. The Bertz CT molecular complexity index is 1210. The number of anilines is 2. The molecule has 2 aliphatic heterocycles. The first-order valence-corrected chi connectivity index (χ1v) is 12.7. The highest BCUT2D eigenvalue weighted by molar-refractivity contribution is 7.89. The molecular weight excluding hydrogens is 445 g/mol. The molecule has 0 aromatic heterocycles. The Labute approximate surface area is 193 Å². The molecule has 3 aliphatic rings. The lowest BCUT2D eigenvalue weighted by molar-refractivity contribution is -0.124. The van der Waals surface area contributed by atoms with Gasteiger partial charge in [0.15, 0.2) is 0 Å². The molecule has 2 aromatic carbocycles. The summed E-state index contributed by atoms with van der Waals surface area (Å²) in [6.07, 6.45) is 4.15. The Balaban J connectivity index is 1.55. The predicted molar refractivity (Wildman–Crippen MR) is 126 cm³/mol. The maximum atomic E-state index is 13.4. The molecule has 1 saturated carbocycles. The topological polar surface area (TPSA) is 87.7 Å². The smallest absolute Gasteiger partial charge is 0.247 e. The Morgan fingerprint density at radius 2 is 1.88 bits per heavy atom. The third-order valence-electron chi connectivity index (χ3n) is 7.11. The van der Waals surface area contributed by atoms with Crippen molar-refractivity contribution in [2.75, 3.05) is 43.2 Å². The average Bonchev–Trinajstić information content (AvgIpc) is 3.56. The molecule has 0 radical (unpaired) electrons. The number of alkyl halides is 1. The molecule has 0 bridgehead atoms. The van der Waals surface area contributed by atoms with Crippen LogP contribution in [0, 0.1) is 5.41 Å². The van der Waals surface area contributed by atoms with Crippen LogP contribution in [0.25, 0.3) is 10.8 Å². The van der Waals surface area contributed by atoms with E-state index in [2.05, 4.69) is 21.5 Å². The summed E-state index contributed by atoms with van der Waals surface area (Å²) in [4.78, 5) is 14.1. The molecule has 1 aliphatic carbocycles. The Kier molecular flexibility index (Phi) is 5.46. The van der Waals surface area contributed by atoms with Gasteiger partial charge < -0.3 is 15.0 Å². The van der Waals surface area contributed by atoms with Crippen molar-refractivity contribution < 1.29 is 22.3 Å². The lowest BCUT2D eigenvalue weighted by atomic mass is 9.76. The van der Waals surface area contributed by atoms with Crippen LogP contribution in [0.5, 0.6) is 0 Å². The molecule has 33 heavy (non-hydrogen) atoms.